The highest BCUT2D eigenvalue weighted by Gasteiger charge is 2.28. The van der Waals surface area contributed by atoms with Crippen LogP contribution in [0.1, 0.15) is 25.3 Å². The molecule has 1 aromatic carbocycles. The zero-order valence-corrected chi connectivity index (χ0v) is 16.0. The fraction of sp³-hybridized carbons (Fsp3) is 0.471. The number of sulfonamides is 1. The Hall–Kier alpha value is -1.41. The van der Waals surface area contributed by atoms with Gasteiger partial charge in [0.2, 0.25) is 10.0 Å². The highest BCUT2D eigenvalue weighted by molar-refractivity contribution is 7.89. The third-order valence-electron chi connectivity index (χ3n) is 4.46. The normalized spacial score (nSPS) is 17.3. The van der Waals surface area contributed by atoms with Gasteiger partial charge in [0.15, 0.2) is 0 Å². The molecule has 3 rings (SSSR count). The Labute approximate surface area is 154 Å². The first kappa shape index (κ1) is 18.4. The Morgan fingerprint density at radius 1 is 1.12 bits per heavy atom. The van der Waals surface area contributed by atoms with E-state index in [1.165, 1.54) is 0 Å². The summed E-state index contributed by atoms with van der Waals surface area (Å²) in [7, 11) is -3.43. The SMILES string of the molecule is CC(C)c1ccc(S(=O)(=O)N2CCN(Cn3cc(Cl)cn3)CC2)cc1. The molecule has 25 heavy (non-hydrogen) atoms. The smallest absolute Gasteiger partial charge is 0.243 e. The lowest BCUT2D eigenvalue weighted by atomic mass is 10.0. The van der Waals surface area contributed by atoms with Gasteiger partial charge in [-0.3, -0.25) is 9.58 Å². The molecule has 8 heteroatoms. The Morgan fingerprint density at radius 3 is 2.28 bits per heavy atom. The fourth-order valence-electron chi connectivity index (χ4n) is 2.91. The fourth-order valence-corrected chi connectivity index (χ4v) is 4.48. The van der Waals surface area contributed by atoms with Crippen molar-refractivity contribution in [3.05, 3.63) is 47.2 Å². The molecule has 0 saturated carbocycles. The van der Waals surface area contributed by atoms with Gasteiger partial charge in [-0.15, -0.1) is 0 Å². The van der Waals surface area contributed by atoms with E-state index in [1.807, 2.05) is 12.1 Å². The zero-order chi connectivity index (χ0) is 18.0. The Bertz CT molecular complexity index is 809. The summed E-state index contributed by atoms with van der Waals surface area (Å²) in [6.07, 6.45) is 3.37. The average Bonchev–Trinajstić information content (AvgIpc) is 3.00. The van der Waals surface area contributed by atoms with Crippen molar-refractivity contribution < 1.29 is 8.42 Å². The standard InChI is InChI=1S/C17H23ClN4O2S/c1-14(2)15-3-5-17(6-4-15)25(23,24)22-9-7-20(8-10-22)13-21-12-16(18)11-19-21/h3-6,11-12,14H,7-10,13H2,1-2H3. The van der Waals surface area contributed by atoms with Crippen molar-refractivity contribution in [2.75, 3.05) is 26.2 Å². The average molecular weight is 383 g/mol. The minimum absolute atomic E-state index is 0.365. The lowest BCUT2D eigenvalue weighted by Gasteiger charge is -2.33. The molecule has 0 radical (unpaired) electrons. The molecular formula is C17H23ClN4O2S. The summed E-state index contributed by atoms with van der Waals surface area (Å²) in [5, 5.41) is 4.76. The van der Waals surface area contributed by atoms with Crippen LogP contribution in [0.15, 0.2) is 41.6 Å². The molecular weight excluding hydrogens is 360 g/mol. The molecule has 1 aliphatic rings. The van der Waals surface area contributed by atoms with E-state index in [1.54, 1.807) is 33.5 Å². The van der Waals surface area contributed by atoms with E-state index in [2.05, 4.69) is 23.8 Å². The van der Waals surface area contributed by atoms with Gasteiger partial charge in [0, 0.05) is 32.4 Å². The molecule has 2 aromatic rings. The molecule has 1 aliphatic heterocycles. The number of hydrogen-bond donors (Lipinski definition) is 0. The third-order valence-corrected chi connectivity index (χ3v) is 6.57. The van der Waals surface area contributed by atoms with E-state index in [-0.39, 0.29) is 0 Å². The maximum Gasteiger partial charge on any atom is 0.243 e. The van der Waals surface area contributed by atoms with E-state index in [4.69, 9.17) is 11.6 Å². The van der Waals surface area contributed by atoms with E-state index >= 15 is 0 Å². The number of piperazine rings is 1. The summed E-state index contributed by atoms with van der Waals surface area (Å²) < 4.78 is 28.9. The Kier molecular flexibility index (Phi) is 5.48. The van der Waals surface area contributed by atoms with E-state index in [9.17, 15) is 8.42 Å². The lowest BCUT2D eigenvalue weighted by Crippen LogP contribution is -2.48. The van der Waals surface area contributed by atoms with Crippen LogP contribution < -0.4 is 0 Å². The minimum Gasteiger partial charge on any atom is -0.282 e. The zero-order valence-electron chi connectivity index (χ0n) is 14.5. The number of benzene rings is 1. The van der Waals surface area contributed by atoms with Crippen LogP contribution in [0.3, 0.4) is 0 Å². The molecule has 2 heterocycles. The number of hydrogen-bond acceptors (Lipinski definition) is 4. The van der Waals surface area contributed by atoms with Crippen LogP contribution in [-0.4, -0.2) is 53.6 Å². The lowest BCUT2D eigenvalue weighted by molar-refractivity contribution is 0.146. The molecule has 0 bridgehead atoms. The van der Waals surface area contributed by atoms with E-state index in [0.717, 1.165) is 5.56 Å². The summed E-state index contributed by atoms with van der Waals surface area (Å²) in [4.78, 5) is 2.53. The van der Waals surface area contributed by atoms with Crippen LogP contribution >= 0.6 is 11.6 Å². The van der Waals surface area contributed by atoms with Gasteiger partial charge in [0.05, 0.1) is 22.8 Å². The van der Waals surface area contributed by atoms with Gasteiger partial charge in [-0.1, -0.05) is 37.6 Å². The predicted molar refractivity (Wildman–Crippen MR) is 98.1 cm³/mol. The Balaban J connectivity index is 1.62. The highest BCUT2D eigenvalue weighted by atomic mass is 35.5. The van der Waals surface area contributed by atoms with Gasteiger partial charge in [0.25, 0.3) is 0 Å². The minimum atomic E-state index is -3.43. The van der Waals surface area contributed by atoms with Crippen LogP contribution in [0.4, 0.5) is 0 Å². The van der Waals surface area contributed by atoms with Crippen molar-refractivity contribution in [1.82, 2.24) is 19.0 Å². The first-order chi connectivity index (χ1) is 11.9. The molecule has 0 amide bonds. The van der Waals surface area contributed by atoms with Crippen LogP contribution in [0.5, 0.6) is 0 Å². The molecule has 0 atom stereocenters. The van der Waals surface area contributed by atoms with E-state index < -0.39 is 10.0 Å². The molecule has 0 spiro atoms. The monoisotopic (exact) mass is 382 g/mol. The summed E-state index contributed by atoms with van der Waals surface area (Å²) in [5.41, 5.74) is 1.14. The number of halogens is 1. The molecule has 1 aromatic heterocycles. The summed E-state index contributed by atoms with van der Waals surface area (Å²) in [5.74, 6) is 0.385. The van der Waals surface area contributed by atoms with Gasteiger partial charge in [-0.2, -0.15) is 9.40 Å². The molecule has 1 saturated heterocycles. The topological polar surface area (TPSA) is 58.4 Å². The summed E-state index contributed by atoms with van der Waals surface area (Å²) in [6, 6.07) is 7.22. The van der Waals surface area contributed by atoms with Crippen molar-refractivity contribution in [2.24, 2.45) is 0 Å². The number of aromatic nitrogens is 2. The summed E-state index contributed by atoms with van der Waals surface area (Å²) in [6.45, 7) is 7.09. The van der Waals surface area contributed by atoms with E-state index in [0.29, 0.717) is 48.7 Å². The quantitative estimate of drug-likeness (QED) is 0.797. The predicted octanol–water partition coefficient (Wildman–Crippen LogP) is 2.62. The maximum absolute atomic E-state index is 12.8. The van der Waals surface area contributed by atoms with Gasteiger partial charge in [-0.05, 0) is 23.6 Å². The number of nitrogens with zero attached hydrogens (tertiary/aromatic N) is 4. The van der Waals surface area contributed by atoms with Crippen LogP contribution in [0.2, 0.25) is 5.02 Å². The van der Waals surface area contributed by atoms with Gasteiger partial charge in [-0.25, -0.2) is 8.42 Å². The largest absolute Gasteiger partial charge is 0.282 e. The Morgan fingerprint density at radius 2 is 1.76 bits per heavy atom. The van der Waals surface area contributed by atoms with Crippen molar-refractivity contribution in [3.63, 3.8) is 0 Å². The van der Waals surface area contributed by atoms with Crippen LogP contribution in [0, 0.1) is 0 Å². The molecule has 136 valence electrons. The summed E-state index contributed by atoms with van der Waals surface area (Å²) >= 11 is 5.87. The second-order valence-electron chi connectivity index (χ2n) is 6.59. The van der Waals surface area contributed by atoms with Gasteiger partial charge < -0.3 is 0 Å². The second-order valence-corrected chi connectivity index (χ2v) is 8.96. The van der Waals surface area contributed by atoms with Gasteiger partial charge in [0.1, 0.15) is 0 Å². The first-order valence-electron chi connectivity index (χ1n) is 8.36. The second kappa shape index (κ2) is 7.45. The maximum atomic E-state index is 12.8. The van der Waals surface area contributed by atoms with Crippen LogP contribution in [0.25, 0.3) is 0 Å². The molecule has 0 unspecified atom stereocenters. The molecule has 1 fully saturated rings. The molecule has 0 N–H and O–H groups in total. The van der Waals surface area contributed by atoms with Crippen LogP contribution in [-0.2, 0) is 16.7 Å². The highest BCUT2D eigenvalue weighted by Crippen LogP contribution is 2.21. The van der Waals surface area contributed by atoms with Crippen molar-refractivity contribution in [1.29, 1.82) is 0 Å². The van der Waals surface area contributed by atoms with Crippen molar-refractivity contribution in [3.8, 4) is 0 Å². The van der Waals surface area contributed by atoms with Crippen molar-refractivity contribution >= 4 is 21.6 Å². The van der Waals surface area contributed by atoms with Gasteiger partial charge >= 0.3 is 0 Å². The first-order valence-corrected chi connectivity index (χ1v) is 10.2. The van der Waals surface area contributed by atoms with Crippen molar-refractivity contribution in [2.45, 2.75) is 31.3 Å². The number of rotatable bonds is 5. The third kappa shape index (κ3) is 4.23. The molecule has 0 aliphatic carbocycles. The molecule has 6 nitrogen and oxygen atoms in total.